The monoisotopic (exact) mass is 808 g/mol. The topological polar surface area (TPSA) is 6.48 Å². The van der Waals surface area contributed by atoms with Crippen LogP contribution < -0.4 is 9.80 Å². The van der Waals surface area contributed by atoms with Crippen molar-refractivity contribution in [3.63, 3.8) is 0 Å². The van der Waals surface area contributed by atoms with Gasteiger partial charge in [0.2, 0.25) is 0 Å². The lowest BCUT2D eigenvalue weighted by Crippen LogP contribution is -2.30. The van der Waals surface area contributed by atoms with Crippen LogP contribution in [-0.4, -0.2) is 6.04 Å². The molecule has 2 unspecified atom stereocenters. The molecule has 0 fully saturated rings. The molecule has 0 aliphatic heterocycles. The third-order valence-corrected chi connectivity index (χ3v) is 13.9. The molecule has 2 atom stereocenters. The Morgan fingerprint density at radius 2 is 1.05 bits per heavy atom. The molecule has 0 saturated carbocycles. The van der Waals surface area contributed by atoms with Gasteiger partial charge in [-0.25, -0.2) is 0 Å². The van der Waals surface area contributed by atoms with E-state index in [0.29, 0.717) is 6.04 Å². The Hall–Kier alpha value is -7.42. The van der Waals surface area contributed by atoms with Crippen molar-refractivity contribution in [1.29, 1.82) is 0 Å². The van der Waals surface area contributed by atoms with Crippen molar-refractivity contribution in [1.82, 2.24) is 0 Å². The zero-order valence-electron chi connectivity index (χ0n) is 35.4. The Bertz CT molecular complexity index is 3080. The summed E-state index contributed by atoms with van der Waals surface area (Å²) in [6, 6.07) is 73.2. The van der Waals surface area contributed by atoms with E-state index in [-0.39, 0.29) is 0 Å². The van der Waals surface area contributed by atoms with Gasteiger partial charge in [0.25, 0.3) is 0 Å². The van der Waals surface area contributed by atoms with Gasteiger partial charge in [-0.2, -0.15) is 0 Å². The third kappa shape index (κ3) is 6.08. The summed E-state index contributed by atoms with van der Waals surface area (Å²) in [6.45, 7) is 0. The van der Waals surface area contributed by atoms with Crippen LogP contribution in [0, 0.1) is 0 Å². The Kier molecular flexibility index (Phi) is 9.18. The molecule has 12 rings (SSSR count). The number of hydrogen-bond donors (Lipinski definition) is 0. The van der Waals surface area contributed by atoms with Gasteiger partial charge in [-0.05, 0) is 154 Å². The van der Waals surface area contributed by atoms with E-state index in [1.807, 2.05) is 0 Å². The molecule has 0 aromatic heterocycles. The van der Waals surface area contributed by atoms with Gasteiger partial charge in [-0.1, -0.05) is 164 Å². The van der Waals surface area contributed by atoms with Gasteiger partial charge in [0, 0.05) is 28.3 Å². The van der Waals surface area contributed by atoms with Crippen molar-refractivity contribution < 1.29 is 0 Å². The first kappa shape index (κ1) is 37.4. The van der Waals surface area contributed by atoms with Gasteiger partial charge in [-0.3, -0.25) is 0 Å². The van der Waals surface area contributed by atoms with Crippen molar-refractivity contribution in [2.24, 2.45) is 0 Å². The number of nitrogens with zero attached hydrogens (tertiary/aromatic N) is 2. The van der Waals surface area contributed by atoms with E-state index in [1.165, 1.54) is 90.3 Å². The van der Waals surface area contributed by atoms with Crippen LogP contribution in [0.1, 0.15) is 59.9 Å². The highest BCUT2D eigenvalue weighted by Gasteiger charge is 2.52. The van der Waals surface area contributed by atoms with Gasteiger partial charge in [0.1, 0.15) is 0 Å². The number of rotatable bonds is 8. The van der Waals surface area contributed by atoms with Crippen molar-refractivity contribution in [3.05, 3.63) is 252 Å². The Balaban J connectivity index is 1.02. The molecule has 0 N–H and O–H groups in total. The Labute approximate surface area is 371 Å². The molecule has 0 bridgehead atoms. The highest BCUT2D eigenvalue weighted by Crippen LogP contribution is 2.65. The largest absolute Gasteiger partial charge is 0.335 e. The van der Waals surface area contributed by atoms with Crippen LogP contribution in [0.25, 0.3) is 39.0 Å². The lowest BCUT2D eigenvalue weighted by molar-refractivity contribution is 0.631. The number of fused-ring (bicyclic) bond motifs is 10. The highest BCUT2D eigenvalue weighted by atomic mass is 15.2. The van der Waals surface area contributed by atoms with E-state index in [1.54, 1.807) is 0 Å². The van der Waals surface area contributed by atoms with Gasteiger partial charge in [0.15, 0.2) is 0 Å². The molecule has 0 heterocycles. The normalized spacial score (nSPS) is 17.7. The summed E-state index contributed by atoms with van der Waals surface area (Å²) in [4.78, 5) is 4.98. The number of anilines is 5. The molecule has 4 aliphatic rings. The average molecular weight is 809 g/mol. The van der Waals surface area contributed by atoms with Crippen LogP contribution in [0.4, 0.5) is 28.4 Å². The number of allylic oxidation sites excluding steroid dienone is 5. The molecule has 0 saturated heterocycles. The van der Waals surface area contributed by atoms with Crippen molar-refractivity contribution in [2.45, 2.75) is 43.6 Å². The SMILES string of the molecule is C1=CCCC(c2ccc(N(c3ccccc3)c3cccc4c3-c3ccccc3C43c4ccccc4-c4ccc(-c5ccc(N(c6ccccc6)C6C=CCCC6)cc5)cc43)cc2)=C1. The first-order valence-electron chi connectivity index (χ1n) is 22.7. The zero-order chi connectivity index (χ0) is 41.7. The van der Waals surface area contributed by atoms with Crippen LogP contribution in [0.2, 0.25) is 0 Å². The van der Waals surface area contributed by atoms with E-state index in [9.17, 15) is 0 Å². The molecular weight excluding hydrogens is 761 g/mol. The maximum Gasteiger partial charge on any atom is 0.0726 e. The van der Waals surface area contributed by atoms with Gasteiger partial charge < -0.3 is 9.80 Å². The predicted octanol–water partition coefficient (Wildman–Crippen LogP) is 16.1. The molecule has 2 nitrogen and oxygen atoms in total. The van der Waals surface area contributed by atoms with Crippen molar-refractivity contribution in [2.75, 3.05) is 9.80 Å². The van der Waals surface area contributed by atoms with Crippen molar-refractivity contribution >= 4 is 34.0 Å². The smallest absolute Gasteiger partial charge is 0.0726 e. The van der Waals surface area contributed by atoms with Crippen molar-refractivity contribution in [3.8, 4) is 33.4 Å². The highest BCUT2D eigenvalue weighted by molar-refractivity contribution is 6.01. The van der Waals surface area contributed by atoms with Crippen LogP contribution in [-0.2, 0) is 5.41 Å². The number of hydrogen-bond acceptors (Lipinski definition) is 2. The molecule has 63 heavy (non-hydrogen) atoms. The lowest BCUT2D eigenvalue weighted by atomic mass is 9.70. The van der Waals surface area contributed by atoms with Crippen LogP contribution in [0.3, 0.4) is 0 Å². The van der Waals surface area contributed by atoms with Gasteiger partial charge in [-0.15, -0.1) is 0 Å². The summed E-state index contributed by atoms with van der Waals surface area (Å²) in [5.74, 6) is 0. The minimum Gasteiger partial charge on any atom is -0.335 e. The van der Waals surface area contributed by atoms with E-state index in [0.717, 1.165) is 37.1 Å². The average Bonchev–Trinajstić information content (AvgIpc) is 3.83. The summed E-state index contributed by atoms with van der Waals surface area (Å²) in [5.41, 5.74) is 21.1. The third-order valence-electron chi connectivity index (χ3n) is 13.9. The summed E-state index contributed by atoms with van der Waals surface area (Å²) in [7, 11) is 0. The van der Waals surface area contributed by atoms with Crippen LogP contribution in [0.5, 0.6) is 0 Å². The molecule has 8 aromatic carbocycles. The quantitative estimate of drug-likeness (QED) is 0.141. The van der Waals surface area contributed by atoms with Crippen LogP contribution in [0.15, 0.2) is 225 Å². The first-order chi connectivity index (χ1) is 31.3. The number of benzene rings is 8. The van der Waals surface area contributed by atoms with E-state index >= 15 is 0 Å². The van der Waals surface area contributed by atoms with Gasteiger partial charge in [0.05, 0.1) is 17.1 Å². The molecule has 4 aliphatic carbocycles. The molecule has 0 amide bonds. The number of para-hydroxylation sites is 2. The summed E-state index contributed by atoms with van der Waals surface area (Å²) in [6.07, 6.45) is 17.1. The second-order valence-electron chi connectivity index (χ2n) is 17.4. The molecule has 2 heteroatoms. The molecule has 0 radical (unpaired) electrons. The van der Waals surface area contributed by atoms with Gasteiger partial charge >= 0.3 is 0 Å². The zero-order valence-corrected chi connectivity index (χ0v) is 35.4. The fraction of sp³-hybridized carbons (Fsp3) is 0.115. The molecule has 1 spiro atoms. The standard InChI is InChI=1S/C61H48N2/c1-5-18-43(19-6-1)44-32-39-51(40-33-44)63(49-24-11-4-12-25-49)59-31-17-30-57-60(59)54-27-14-16-29-56(54)61(57)55-28-15-13-26-52(55)53-41-36-46(42-58(53)61)45-34-37-50(38-35-45)62(47-20-7-2-8-21-47)48-22-9-3-10-23-48/h1-2,4-5,7-9,11-18,20-22,24-42,48H,3,6,10,19,23H2. The molecule has 8 aromatic rings. The Morgan fingerprint density at radius 3 is 1.78 bits per heavy atom. The fourth-order valence-corrected chi connectivity index (χ4v) is 11.2. The lowest BCUT2D eigenvalue weighted by Gasteiger charge is -2.34. The first-order valence-corrected chi connectivity index (χ1v) is 22.7. The fourth-order valence-electron chi connectivity index (χ4n) is 11.2. The summed E-state index contributed by atoms with van der Waals surface area (Å²) in [5, 5.41) is 0. The van der Waals surface area contributed by atoms with E-state index in [2.05, 4.69) is 234 Å². The minimum atomic E-state index is -0.492. The summed E-state index contributed by atoms with van der Waals surface area (Å²) >= 11 is 0. The maximum absolute atomic E-state index is 2.51. The molecule has 302 valence electrons. The minimum absolute atomic E-state index is 0.340. The van der Waals surface area contributed by atoms with E-state index in [4.69, 9.17) is 0 Å². The Morgan fingerprint density at radius 1 is 0.444 bits per heavy atom. The van der Waals surface area contributed by atoms with E-state index < -0.39 is 5.41 Å². The maximum atomic E-state index is 2.51. The predicted molar refractivity (Wildman–Crippen MR) is 265 cm³/mol. The van der Waals surface area contributed by atoms with Crippen LogP contribution >= 0.6 is 0 Å². The molecular formula is C61H48N2. The second kappa shape index (κ2) is 15.5. The summed E-state index contributed by atoms with van der Waals surface area (Å²) < 4.78 is 0. The second-order valence-corrected chi connectivity index (χ2v) is 17.4.